The van der Waals surface area contributed by atoms with Gasteiger partial charge < -0.3 is 98.1 Å². The van der Waals surface area contributed by atoms with Crippen molar-refractivity contribution in [2.24, 2.45) is 0 Å². The van der Waals surface area contributed by atoms with Gasteiger partial charge >= 0.3 is 0 Å². The molecule has 4 fully saturated rings. The lowest BCUT2D eigenvalue weighted by atomic mass is 9.77. The maximum Gasteiger partial charge on any atom is 0.253 e. The van der Waals surface area contributed by atoms with Gasteiger partial charge in [0, 0.05) is 131 Å². The summed E-state index contributed by atoms with van der Waals surface area (Å²) in [5.41, 5.74) is 13.6. The Morgan fingerprint density at radius 2 is 1.02 bits per heavy atom. The third kappa shape index (κ3) is 25.6. The van der Waals surface area contributed by atoms with Crippen molar-refractivity contribution in [2.75, 3.05) is 168 Å². The predicted molar refractivity (Wildman–Crippen MR) is 488 cm³/mol. The molecule has 4 saturated heterocycles. The van der Waals surface area contributed by atoms with Crippen molar-refractivity contribution in [1.82, 2.24) is 26.2 Å². The largest absolute Gasteiger partial charge is 0.496 e. The van der Waals surface area contributed by atoms with E-state index in [0.29, 0.717) is 97.0 Å². The predicted octanol–water partition coefficient (Wildman–Crippen LogP) is 15.2. The number of ether oxygens (including phenoxy) is 12. The van der Waals surface area contributed by atoms with Gasteiger partial charge in [-0.2, -0.15) is 0 Å². The molecule has 9 aromatic carbocycles. The summed E-state index contributed by atoms with van der Waals surface area (Å²) in [6.07, 6.45) is 7.26. The molecule has 7 heterocycles. The number of anilines is 3. The molecule has 0 aromatic heterocycles. The van der Waals surface area contributed by atoms with E-state index in [-0.39, 0.29) is 59.4 Å². The van der Waals surface area contributed by atoms with Gasteiger partial charge in [-0.15, -0.1) is 0 Å². The van der Waals surface area contributed by atoms with E-state index < -0.39 is 0 Å². The number of hydrogen-bond donors (Lipinski definition) is 5. The number of amides is 3. The first-order valence-corrected chi connectivity index (χ1v) is 44.8. The first-order chi connectivity index (χ1) is 61.3. The van der Waals surface area contributed by atoms with Crippen LogP contribution in [0, 0.1) is 0 Å². The Morgan fingerprint density at radius 1 is 0.496 bits per heavy atom. The lowest BCUT2D eigenvalue weighted by Gasteiger charge is -2.35. The van der Waals surface area contributed by atoms with Crippen LogP contribution in [0.25, 0.3) is 0 Å². The zero-order chi connectivity index (χ0) is 86.4. The summed E-state index contributed by atoms with van der Waals surface area (Å²) in [6.45, 7) is 21.5. The van der Waals surface area contributed by atoms with Crippen molar-refractivity contribution in [3.63, 3.8) is 0 Å². The van der Waals surface area contributed by atoms with E-state index in [1.54, 1.807) is 21.3 Å². The summed E-state index contributed by atoms with van der Waals surface area (Å²) in [7, 11) is 5.16. The van der Waals surface area contributed by atoms with Gasteiger partial charge in [-0.05, 0) is 176 Å². The van der Waals surface area contributed by atoms with Gasteiger partial charge in [0.05, 0.1) is 108 Å². The fourth-order valence-electron chi connectivity index (χ4n) is 17.7. The van der Waals surface area contributed by atoms with Crippen molar-refractivity contribution in [3.05, 3.63) is 268 Å². The molecule has 0 aliphatic carbocycles. The fraction of sp³-hybridized carbons (Fsp3) is 0.441. The highest BCUT2D eigenvalue weighted by Crippen LogP contribution is 2.42. The second-order valence-corrected chi connectivity index (χ2v) is 33.7. The average Bonchev–Trinajstić information content (AvgIpc) is 1.27. The molecule has 23 heteroatoms. The molecule has 3 amide bonds. The Kier molecular flexibility index (Phi) is 33.8. The van der Waals surface area contributed by atoms with Crippen LogP contribution in [0.5, 0.6) is 34.5 Å². The van der Waals surface area contributed by atoms with Crippen molar-refractivity contribution < 1.29 is 71.2 Å². The van der Waals surface area contributed by atoms with Gasteiger partial charge in [0.15, 0.2) is 0 Å². The van der Waals surface area contributed by atoms with Gasteiger partial charge in [-0.3, -0.25) is 14.4 Å². The number of nitrogens with one attached hydrogen (secondary N) is 5. The number of nitrogens with zero attached hydrogens (tertiary/aromatic N) is 3. The Bertz CT molecular complexity index is 4840. The summed E-state index contributed by atoms with van der Waals surface area (Å²) >= 11 is 0. The van der Waals surface area contributed by atoms with Crippen LogP contribution in [0.2, 0.25) is 0 Å². The van der Waals surface area contributed by atoms with Crippen molar-refractivity contribution in [1.29, 1.82) is 0 Å². The van der Waals surface area contributed by atoms with E-state index >= 15 is 0 Å². The molecule has 9 aromatic rings. The highest BCUT2D eigenvalue weighted by molar-refractivity contribution is 5.97. The number of fused-ring (bicyclic) bond motifs is 3. The number of hydrogen-bond acceptors (Lipinski definition) is 20. The normalized spacial score (nSPS) is 20.0. The number of benzene rings is 9. The molecule has 16 rings (SSSR count). The number of methoxy groups -OCH3 is 3. The molecule has 125 heavy (non-hydrogen) atoms. The highest BCUT2D eigenvalue weighted by atomic mass is 16.5. The van der Waals surface area contributed by atoms with Crippen LogP contribution in [0.4, 0.5) is 17.1 Å². The summed E-state index contributed by atoms with van der Waals surface area (Å²) in [5, 5.41) is 16.5. The first-order valence-electron chi connectivity index (χ1n) is 44.8. The molecule has 0 saturated carbocycles. The van der Waals surface area contributed by atoms with Crippen LogP contribution in [0.1, 0.15) is 148 Å². The molecular weight excluding hydrogens is 1580 g/mol. The molecule has 7 aliphatic heterocycles. The maximum absolute atomic E-state index is 13.3. The van der Waals surface area contributed by atoms with E-state index in [1.165, 1.54) is 22.3 Å². The second kappa shape index (κ2) is 46.6. The zero-order valence-electron chi connectivity index (χ0n) is 73.3. The van der Waals surface area contributed by atoms with E-state index in [2.05, 4.69) is 153 Å². The zero-order valence-corrected chi connectivity index (χ0v) is 73.3. The van der Waals surface area contributed by atoms with E-state index in [4.69, 9.17) is 56.8 Å². The van der Waals surface area contributed by atoms with Crippen LogP contribution in [-0.4, -0.2) is 200 Å². The summed E-state index contributed by atoms with van der Waals surface area (Å²) in [6, 6.07) is 70.9. The average molecular weight is 1700 g/mol. The van der Waals surface area contributed by atoms with E-state index in [9.17, 15) is 14.4 Å². The number of carbonyl (C=O) groups is 3. The second-order valence-electron chi connectivity index (χ2n) is 33.7. The van der Waals surface area contributed by atoms with Crippen LogP contribution in [-0.2, 0) is 65.1 Å². The molecule has 23 nitrogen and oxygen atoms in total. The number of likely N-dealkylation sites (tertiary alicyclic amines) is 1. The fourth-order valence-corrected chi connectivity index (χ4v) is 17.7. The Hall–Kier alpha value is -10.6. The number of piperidine rings is 3. The molecular formula is C102H126N8O15. The molecule has 0 bridgehead atoms. The number of rotatable bonds is 36. The Balaban J connectivity index is 0.000000152. The van der Waals surface area contributed by atoms with Crippen LogP contribution in [0.3, 0.4) is 0 Å². The molecule has 7 aliphatic rings. The van der Waals surface area contributed by atoms with Gasteiger partial charge in [0.25, 0.3) is 11.8 Å². The quantitative estimate of drug-likeness (QED) is 0.0230. The summed E-state index contributed by atoms with van der Waals surface area (Å²) in [5.74, 6) is 6.09. The first kappa shape index (κ1) is 90.7. The minimum Gasteiger partial charge on any atom is -0.496 e. The van der Waals surface area contributed by atoms with Crippen LogP contribution >= 0.6 is 0 Å². The molecule has 0 unspecified atom stereocenters. The van der Waals surface area contributed by atoms with Crippen molar-refractivity contribution >= 4 is 34.8 Å². The molecule has 7 atom stereocenters. The smallest absolute Gasteiger partial charge is 0.253 e. The van der Waals surface area contributed by atoms with Crippen molar-refractivity contribution in [3.8, 4) is 34.5 Å². The van der Waals surface area contributed by atoms with Gasteiger partial charge in [-0.1, -0.05) is 135 Å². The topological polar surface area (TPSA) is 232 Å². The van der Waals surface area contributed by atoms with E-state index in [0.717, 1.165) is 203 Å². The molecule has 5 N–H and O–H groups in total. The lowest BCUT2D eigenvalue weighted by Crippen LogP contribution is -2.41. The summed E-state index contributed by atoms with van der Waals surface area (Å²) in [4.78, 5) is 44.9. The highest BCUT2D eigenvalue weighted by Gasteiger charge is 2.36. The SMILES string of the molecule is COCCCN1CCOc2ccc(CO[C@H]3CNCC[C@@H]3c3ccc(C(=O)N4CC[C@@H](Oc5ccccc5)C4)cc3)cc21.COCCCN1CCOc2ccc(CO[C@H]3CNCC[C@@H]3c3ccc(C(=O)NCCOc4ccccc4)cc3)cc21.COc1ccccc1COCCCOc1ccc([C@H]2CCNC[C@@H]2OCc2cccc3c2NC(=O)CC3(C)C)cc1. The van der Waals surface area contributed by atoms with E-state index in [1.807, 2.05) is 114 Å². The third-order valence-corrected chi connectivity index (χ3v) is 24.5. The number of carbonyl (C=O) groups excluding carboxylic acids is 3. The van der Waals surface area contributed by atoms with Crippen LogP contribution in [0.15, 0.2) is 212 Å². The van der Waals surface area contributed by atoms with Crippen molar-refractivity contribution in [2.45, 2.75) is 139 Å². The van der Waals surface area contributed by atoms with Crippen LogP contribution < -0.4 is 64.8 Å². The molecule has 0 spiro atoms. The lowest BCUT2D eigenvalue weighted by molar-refractivity contribution is -0.117. The summed E-state index contributed by atoms with van der Waals surface area (Å²) < 4.78 is 70.8. The maximum atomic E-state index is 13.3. The Labute approximate surface area is 737 Å². The standard InChI is InChI=1S/C35H43N3O5.C34H42N2O5.C33H41N3O5/c1-40-20-5-17-37-19-21-41-33-13-8-26(22-32(33)37)25-42-34-23-36-16-14-31(34)27-9-11-28(12-10-27)35(39)38-18-15-30(24-38)43-29-6-3-2-4-7-29;1-34(2)20-32(37)36-33-26(9-6-10-29(33)34)23-41-31-21-35-17-16-28(31)24-12-14-27(15-13-24)40-19-7-18-39-22-25-8-4-5-11-30(25)38-3;1-38-19-5-17-36-18-21-40-31-13-8-25(22-30(31)36)24-41-32-23-34-15-14-29(32)26-9-11-27(12-10-26)33(37)35-16-20-39-28-6-3-2-4-7-28/h2-4,6-13,22,30-31,34,36H,5,14-21,23-25H2,1H3;4-6,8-15,28,31,35H,7,16-23H2,1-3H3,(H,36,37);2-4,6-13,22,29,32,34H,5,14-21,23-24H2,1H3,(H,35,37)/t30-,31-,34+;28-,31+;29-,32+/m111/s1. The minimum atomic E-state index is -0.185. The molecule has 0 radical (unpaired) electrons. The van der Waals surface area contributed by atoms with Gasteiger partial charge in [-0.25, -0.2) is 0 Å². The number of para-hydroxylation sites is 4. The monoisotopic (exact) mass is 1700 g/mol. The van der Waals surface area contributed by atoms with Gasteiger partial charge in [0.1, 0.15) is 60.4 Å². The Morgan fingerprint density at radius 3 is 1.59 bits per heavy atom. The third-order valence-electron chi connectivity index (χ3n) is 24.5. The van der Waals surface area contributed by atoms with Gasteiger partial charge in [0.2, 0.25) is 5.91 Å². The minimum absolute atomic E-state index is 0.0274. The molecule has 664 valence electrons.